The van der Waals surface area contributed by atoms with Gasteiger partial charge >= 0.3 is 5.97 Å². The second-order valence-corrected chi connectivity index (χ2v) is 4.50. The van der Waals surface area contributed by atoms with Gasteiger partial charge in [0.25, 0.3) is 0 Å². The Morgan fingerprint density at radius 1 is 1.37 bits per heavy atom. The van der Waals surface area contributed by atoms with Crippen LogP contribution in [0.25, 0.3) is 6.08 Å². The number of hydrogen-bond acceptors (Lipinski definition) is 2. The van der Waals surface area contributed by atoms with Crippen LogP contribution in [0, 0.1) is 13.8 Å². The lowest BCUT2D eigenvalue weighted by molar-refractivity contribution is -0.141. The smallest absolute Gasteiger partial charge is 0.326 e. The van der Waals surface area contributed by atoms with Crippen LogP contribution >= 0.6 is 0 Å². The second kappa shape index (κ2) is 6.73. The Morgan fingerprint density at radius 3 is 2.58 bits per heavy atom. The minimum Gasteiger partial charge on any atom is -0.480 e. The van der Waals surface area contributed by atoms with Crippen molar-refractivity contribution < 1.29 is 14.7 Å². The Balaban J connectivity index is 2.70. The fraction of sp³-hybridized carbons (Fsp3) is 0.333. The fourth-order valence-corrected chi connectivity index (χ4v) is 1.74. The Kier molecular flexibility index (Phi) is 5.30. The van der Waals surface area contributed by atoms with E-state index in [0.717, 1.165) is 16.7 Å². The zero-order valence-electron chi connectivity index (χ0n) is 11.4. The zero-order valence-corrected chi connectivity index (χ0v) is 11.4. The van der Waals surface area contributed by atoms with E-state index in [9.17, 15) is 9.59 Å². The van der Waals surface area contributed by atoms with Crippen LogP contribution in [0.15, 0.2) is 24.3 Å². The Bertz CT molecular complexity index is 506. The molecule has 1 aromatic carbocycles. The first-order valence-corrected chi connectivity index (χ1v) is 6.22. The van der Waals surface area contributed by atoms with Crippen LogP contribution in [0.3, 0.4) is 0 Å². The van der Waals surface area contributed by atoms with E-state index in [1.54, 1.807) is 13.0 Å². The van der Waals surface area contributed by atoms with E-state index in [0.29, 0.717) is 6.42 Å². The van der Waals surface area contributed by atoms with Gasteiger partial charge in [0, 0.05) is 6.08 Å². The molecule has 0 spiro atoms. The van der Waals surface area contributed by atoms with Gasteiger partial charge in [0.05, 0.1) is 0 Å². The van der Waals surface area contributed by atoms with Crippen molar-refractivity contribution in [2.45, 2.75) is 33.2 Å². The maximum Gasteiger partial charge on any atom is 0.326 e. The van der Waals surface area contributed by atoms with Gasteiger partial charge in [0.15, 0.2) is 0 Å². The highest BCUT2D eigenvalue weighted by Gasteiger charge is 2.15. The van der Waals surface area contributed by atoms with Crippen molar-refractivity contribution in [2.24, 2.45) is 0 Å². The third-order valence-electron chi connectivity index (χ3n) is 2.86. The highest BCUT2D eigenvalue weighted by molar-refractivity contribution is 5.94. The van der Waals surface area contributed by atoms with Crippen LogP contribution in [0.4, 0.5) is 0 Å². The molecule has 2 N–H and O–H groups in total. The van der Waals surface area contributed by atoms with Gasteiger partial charge in [0.1, 0.15) is 6.04 Å². The zero-order chi connectivity index (χ0) is 14.4. The van der Waals surface area contributed by atoms with Gasteiger partial charge in [-0.05, 0) is 37.5 Å². The molecule has 1 amide bonds. The number of carboxylic acid groups (broad SMARTS) is 1. The van der Waals surface area contributed by atoms with Crippen molar-refractivity contribution in [1.82, 2.24) is 5.32 Å². The molecule has 0 saturated heterocycles. The number of hydrogen-bond donors (Lipinski definition) is 2. The van der Waals surface area contributed by atoms with Crippen LogP contribution in [0.2, 0.25) is 0 Å². The molecule has 19 heavy (non-hydrogen) atoms. The standard InChI is InChI=1S/C15H19NO3/c1-4-13(15(18)19)16-14(17)8-7-12-6-5-10(2)9-11(12)3/h5-9,13H,4H2,1-3H3,(H,16,17)(H,18,19)/b8-7+. The van der Waals surface area contributed by atoms with E-state index < -0.39 is 17.9 Å². The van der Waals surface area contributed by atoms with Gasteiger partial charge in [-0.15, -0.1) is 0 Å². The highest BCUT2D eigenvalue weighted by Crippen LogP contribution is 2.11. The van der Waals surface area contributed by atoms with Crippen molar-refractivity contribution in [3.05, 3.63) is 41.0 Å². The average molecular weight is 261 g/mol. The number of carbonyl (C=O) groups is 2. The summed E-state index contributed by atoms with van der Waals surface area (Å²) in [7, 11) is 0. The molecule has 1 atom stereocenters. The lowest BCUT2D eigenvalue weighted by Gasteiger charge is -2.10. The minimum atomic E-state index is -1.02. The van der Waals surface area contributed by atoms with E-state index in [1.807, 2.05) is 32.0 Å². The number of amides is 1. The van der Waals surface area contributed by atoms with Gasteiger partial charge in [0.2, 0.25) is 5.91 Å². The summed E-state index contributed by atoms with van der Waals surface area (Å²) in [5.74, 6) is -1.41. The van der Waals surface area contributed by atoms with Crippen molar-refractivity contribution >= 4 is 18.0 Å². The summed E-state index contributed by atoms with van der Waals surface area (Å²) in [6, 6.07) is 5.10. The molecule has 0 radical (unpaired) electrons. The number of benzene rings is 1. The molecule has 102 valence electrons. The topological polar surface area (TPSA) is 66.4 Å². The monoisotopic (exact) mass is 261 g/mol. The molecule has 0 fully saturated rings. The molecule has 0 aromatic heterocycles. The van der Waals surface area contributed by atoms with Crippen LogP contribution < -0.4 is 5.32 Å². The second-order valence-electron chi connectivity index (χ2n) is 4.50. The molecule has 1 aromatic rings. The Hall–Kier alpha value is -2.10. The number of rotatable bonds is 5. The minimum absolute atomic E-state index is 0.360. The first kappa shape index (κ1) is 15.0. The number of nitrogens with one attached hydrogen (secondary N) is 1. The molecule has 1 rings (SSSR count). The van der Waals surface area contributed by atoms with E-state index in [1.165, 1.54) is 6.08 Å². The lowest BCUT2D eigenvalue weighted by atomic mass is 10.1. The molecule has 0 saturated carbocycles. The highest BCUT2D eigenvalue weighted by atomic mass is 16.4. The van der Waals surface area contributed by atoms with Crippen LogP contribution in [-0.4, -0.2) is 23.0 Å². The molecule has 0 bridgehead atoms. The van der Waals surface area contributed by atoms with E-state index in [-0.39, 0.29) is 0 Å². The summed E-state index contributed by atoms with van der Waals surface area (Å²) in [5.41, 5.74) is 3.19. The Morgan fingerprint density at radius 2 is 2.05 bits per heavy atom. The molecular weight excluding hydrogens is 242 g/mol. The summed E-state index contributed by atoms with van der Waals surface area (Å²) in [6.07, 6.45) is 3.42. The number of aryl methyl sites for hydroxylation is 2. The summed E-state index contributed by atoms with van der Waals surface area (Å²) in [5, 5.41) is 11.3. The van der Waals surface area contributed by atoms with Crippen molar-refractivity contribution in [1.29, 1.82) is 0 Å². The Labute approximate surface area is 113 Å². The third kappa shape index (κ3) is 4.58. The molecule has 0 heterocycles. The van der Waals surface area contributed by atoms with Crippen LogP contribution in [-0.2, 0) is 9.59 Å². The molecule has 4 heteroatoms. The lowest BCUT2D eigenvalue weighted by Crippen LogP contribution is -2.39. The van der Waals surface area contributed by atoms with Gasteiger partial charge in [-0.2, -0.15) is 0 Å². The summed E-state index contributed by atoms with van der Waals surface area (Å²) >= 11 is 0. The first-order chi connectivity index (χ1) is 8.93. The normalized spacial score (nSPS) is 12.4. The molecule has 0 aliphatic carbocycles. The van der Waals surface area contributed by atoms with Gasteiger partial charge in [-0.25, -0.2) is 4.79 Å². The molecule has 1 unspecified atom stereocenters. The summed E-state index contributed by atoms with van der Waals surface area (Å²) in [6.45, 7) is 5.69. The van der Waals surface area contributed by atoms with Crippen molar-refractivity contribution in [3.8, 4) is 0 Å². The van der Waals surface area contributed by atoms with Crippen LogP contribution in [0.1, 0.15) is 30.0 Å². The van der Waals surface area contributed by atoms with E-state index in [2.05, 4.69) is 5.32 Å². The molecule has 0 aliphatic heterocycles. The van der Waals surface area contributed by atoms with Crippen molar-refractivity contribution in [2.75, 3.05) is 0 Å². The number of carbonyl (C=O) groups excluding carboxylic acids is 1. The van der Waals surface area contributed by atoms with Gasteiger partial charge in [-0.1, -0.05) is 30.7 Å². The maximum atomic E-state index is 11.6. The summed E-state index contributed by atoms with van der Waals surface area (Å²) in [4.78, 5) is 22.4. The summed E-state index contributed by atoms with van der Waals surface area (Å²) < 4.78 is 0. The molecule has 4 nitrogen and oxygen atoms in total. The quantitative estimate of drug-likeness (QED) is 0.799. The fourth-order valence-electron chi connectivity index (χ4n) is 1.74. The number of aliphatic carboxylic acids is 1. The SMILES string of the molecule is CCC(NC(=O)/C=C/c1ccc(C)cc1C)C(=O)O. The maximum absolute atomic E-state index is 11.6. The largest absolute Gasteiger partial charge is 0.480 e. The predicted molar refractivity (Wildman–Crippen MR) is 74.8 cm³/mol. The van der Waals surface area contributed by atoms with E-state index >= 15 is 0 Å². The predicted octanol–water partition coefficient (Wildman–Crippen LogP) is 2.30. The molecule has 0 aliphatic rings. The average Bonchev–Trinajstić information content (AvgIpc) is 2.34. The van der Waals surface area contributed by atoms with Gasteiger partial charge in [-0.3, -0.25) is 4.79 Å². The molecular formula is C15H19NO3. The first-order valence-electron chi connectivity index (χ1n) is 6.22. The third-order valence-corrected chi connectivity index (χ3v) is 2.86. The van der Waals surface area contributed by atoms with Gasteiger partial charge < -0.3 is 10.4 Å². The van der Waals surface area contributed by atoms with E-state index in [4.69, 9.17) is 5.11 Å². The van der Waals surface area contributed by atoms with Crippen molar-refractivity contribution in [3.63, 3.8) is 0 Å². The van der Waals surface area contributed by atoms with Crippen LogP contribution in [0.5, 0.6) is 0 Å². The number of carboxylic acids is 1.